The molecule has 0 atom stereocenters. The molecule has 3 rings (SSSR count). The fourth-order valence-electron chi connectivity index (χ4n) is 2.17. The molecule has 1 amide bonds. The predicted molar refractivity (Wildman–Crippen MR) is 79.9 cm³/mol. The van der Waals surface area contributed by atoms with Crippen molar-refractivity contribution < 1.29 is 9.18 Å². The molecule has 2 aromatic rings. The molecule has 21 heavy (non-hydrogen) atoms. The average molecular weight is 285 g/mol. The largest absolute Gasteiger partial charge is 0.340 e. The lowest BCUT2D eigenvalue weighted by Crippen LogP contribution is -2.28. The van der Waals surface area contributed by atoms with Gasteiger partial charge in [0.25, 0.3) is 0 Å². The van der Waals surface area contributed by atoms with E-state index >= 15 is 0 Å². The van der Waals surface area contributed by atoms with Gasteiger partial charge in [-0.3, -0.25) is 4.79 Å². The smallest absolute Gasteiger partial charge is 0.227 e. The van der Waals surface area contributed by atoms with Crippen LogP contribution in [0.1, 0.15) is 19.3 Å². The van der Waals surface area contributed by atoms with Gasteiger partial charge in [-0.2, -0.15) is 0 Å². The van der Waals surface area contributed by atoms with E-state index in [0.717, 1.165) is 19.3 Å². The van der Waals surface area contributed by atoms with Crippen LogP contribution in [-0.4, -0.2) is 10.9 Å². The summed E-state index contributed by atoms with van der Waals surface area (Å²) in [5.41, 5.74) is 1.31. The number of anilines is 3. The van der Waals surface area contributed by atoms with Crippen molar-refractivity contribution in [2.75, 3.05) is 10.6 Å². The molecule has 4 nitrogen and oxygen atoms in total. The Kier molecular flexibility index (Phi) is 3.81. The highest BCUT2D eigenvalue weighted by molar-refractivity contribution is 5.92. The van der Waals surface area contributed by atoms with E-state index in [1.807, 2.05) is 0 Å². The highest BCUT2D eigenvalue weighted by Crippen LogP contribution is 2.27. The lowest BCUT2D eigenvalue weighted by atomic mass is 9.85. The molecule has 2 N–H and O–H groups in total. The lowest BCUT2D eigenvalue weighted by Gasteiger charge is -2.23. The van der Waals surface area contributed by atoms with Crippen LogP contribution in [0.4, 0.5) is 21.6 Å². The molecule has 5 heteroatoms. The summed E-state index contributed by atoms with van der Waals surface area (Å²) in [7, 11) is 0. The van der Waals surface area contributed by atoms with Crippen molar-refractivity contribution >= 4 is 23.1 Å². The molecule has 0 aliphatic heterocycles. The number of hydrogen-bond acceptors (Lipinski definition) is 3. The third kappa shape index (κ3) is 3.37. The molecule has 1 aromatic carbocycles. The summed E-state index contributed by atoms with van der Waals surface area (Å²) in [4.78, 5) is 16.0. The van der Waals surface area contributed by atoms with E-state index in [1.54, 1.807) is 30.5 Å². The Morgan fingerprint density at radius 3 is 2.67 bits per heavy atom. The third-order valence-electron chi connectivity index (χ3n) is 3.60. The second kappa shape index (κ2) is 5.91. The number of carbonyl (C=O) groups excluding carboxylic acids is 1. The Morgan fingerprint density at radius 1 is 1.19 bits per heavy atom. The molecule has 108 valence electrons. The quantitative estimate of drug-likeness (QED) is 0.900. The van der Waals surface area contributed by atoms with Crippen molar-refractivity contribution in [3.63, 3.8) is 0 Å². The summed E-state index contributed by atoms with van der Waals surface area (Å²) in [6.45, 7) is 0. The molecule has 1 aliphatic rings. The Bertz CT molecular complexity index is 638. The molecule has 1 aliphatic carbocycles. The number of nitrogens with one attached hydrogen (secondary N) is 2. The highest BCUT2D eigenvalue weighted by atomic mass is 19.1. The van der Waals surface area contributed by atoms with E-state index < -0.39 is 0 Å². The van der Waals surface area contributed by atoms with Gasteiger partial charge in [-0.25, -0.2) is 9.37 Å². The van der Waals surface area contributed by atoms with Crippen LogP contribution in [0, 0.1) is 11.7 Å². The van der Waals surface area contributed by atoms with Crippen molar-refractivity contribution in [3.8, 4) is 0 Å². The summed E-state index contributed by atoms with van der Waals surface area (Å²) in [5, 5.41) is 5.86. The number of hydrogen-bond donors (Lipinski definition) is 2. The van der Waals surface area contributed by atoms with Gasteiger partial charge in [-0.05, 0) is 43.2 Å². The van der Waals surface area contributed by atoms with Gasteiger partial charge in [0.2, 0.25) is 5.91 Å². The molecule has 0 unspecified atom stereocenters. The minimum atomic E-state index is -0.301. The van der Waals surface area contributed by atoms with Gasteiger partial charge in [0.1, 0.15) is 11.6 Å². The van der Waals surface area contributed by atoms with Crippen LogP contribution < -0.4 is 10.6 Å². The van der Waals surface area contributed by atoms with Crippen LogP contribution in [0.5, 0.6) is 0 Å². The molecule has 0 spiro atoms. The maximum atomic E-state index is 13.1. The molecular formula is C16H16FN3O. The van der Waals surface area contributed by atoms with Crippen LogP contribution >= 0.6 is 0 Å². The summed E-state index contributed by atoms with van der Waals surface area (Å²) in [5.74, 6) is 0.510. The van der Waals surface area contributed by atoms with E-state index in [1.165, 1.54) is 12.1 Å². The highest BCUT2D eigenvalue weighted by Gasteiger charge is 2.25. The SMILES string of the molecule is O=C(Nc1ccc(Nc2cccc(F)c2)nc1)C1CCC1. The molecule has 0 bridgehead atoms. The van der Waals surface area contributed by atoms with E-state index in [0.29, 0.717) is 17.2 Å². The third-order valence-corrected chi connectivity index (χ3v) is 3.60. The van der Waals surface area contributed by atoms with Crippen molar-refractivity contribution in [2.24, 2.45) is 5.92 Å². The van der Waals surface area contributed by atoms with Gasteiger partial charge in [-0.1, -0.05) is 12.5 Å². The zero-order valence-electron chi connectivity index (χ0n) is 11.5. The van der Waals surface area contributed by atoms with Gasteiger partial charge in [0, 0.05) is 11.6 Å². The molecule has 1 heterocycles. The Hall–Kier alpha value is -2.43. The number of rotatable bonds is 4. The first kappa shape index (κ1) is 13.5. The molecule has 0 radical (unpaired) electrons. The first-order valence-electron chi connectivity index (χ1n) is 7.00. The van der Waals surface area contributed by atoms with Crippen LogP contribution in [0.25, 0.3) is 0 Å². The number of amides is 1. The van der Waals surface area contributed by atoms with Gasteiger partial charge in [0.15, 0.2) is 0 Å². The maximum absolute atomic E-state index is 13.1. The predicted octanol–water partition coefficient (Wildman–Crippen LogP) is 3.70. The Balaban J connectivity index is 1.62. The van der Waals surface area contributed by atoms with Crippen molar-refractivity contribution in [3.05, 3.63) is 48.4 Å². The first-order chi connectivity index (χ1) is 10.2. The van der Waals surface area contributed by atoms with Gasteiger partial charge in [0.05, 0.1) is 11.9 Å². The number of carbonyl (C=O) groups is 1. The average Bonchev–Trinajstić information content (AvgIpc) is 2.39. The number of pyridine rings is 1. The number of halogens is 1. The van der Waals surface area contributed by atoms with Gasteiger partial charge >= 0.3 is 0 Å². The summed E-state index contributed by atoms with van der Waals surface area (Å²) in [6.07, 6.45) is 4.67. The van der Waals surface area contributed by atoms with Gasteiger partial charge < -0.3 is 10.6 Å². The minimum Gasteiger partial charge on any atom is -0.340 e. The standard InChI is InChI=1S/C16H16FN3O/c17-12-5-2-6-13(9-12)19-15-8-7-14(10-18-15)20-16(21)11-3-1-4-11/h2,5-11H,1,3-4H2,(H,18,19)(H,20,21). The summed E-state index contributed by atoms with van der Waals surface area (Å²) >= 11 is 0. The van der Waals surface area contributed by atoms with Gasteiger partial charge in [-0.15, -0.1) is 0 Å². The molecular weight excluding hydrogens is 269 g/mol. The first-order valence-corrected chi connectivity index (χ1v) is 7.00. The molecule has 1 saturated carbocycles. The topological polar surface area (TPSA) is 54.0 Å². The molecule has 1 aromatic heterocycles. The summed E-state index contributed by atoms with van der Waals surface area (Å²) < 4.78 is 13.1. The number of benzene rings is 1. The summed E-state index contributed by atoms with van der Waals surface area (Å²) in [6, 6.07) is 9.71. The second-order valence-corrected chi connectivity index (χ2v) is 5.18. The zero-order valence-corrected chi connectivity index (χ0v) is 11.5. The monoisotopic (exact) mass is 285 g/mol. The van der Waals surface area contributed by atoms with E-state index in [2.05, 4.69) is 15.6 Å². The number of nitrogens with zero attached hydrogens (tertiary/aromatic N) is 1. The number of aromatic nitrogens is 1. The Labute approximate surface area is 122 Å². The van der Waals surface area contributed by atoms with Crippen LogP contribution in [-0.2, 0) is 4.79 Å². The van der Waals surface area contributed by atoms with E-state index in [-0.39, 0.29) is 17.6 Å². The molecule has 1 fully saturated rings. The van der Waals surface area contributed by atoms with Crippen molar-refractivity contribution in [2.45, 2.75) is 19.3 Å². The van der Waals surface area contributed by atoms with Crippen molar-refractivity contribution in [1.82, 2.24) is 4.98 Å². The van der Waals surface area contributed by atoms with E-state index in [4.69, 9.17) is 0 Å². The van der Waals surface area contributed by atoms with Crippen LogP contribution in [0.15, 0.2) is 42.6 Å². The fourth-order valence-corrected chi connectivity index (χ4v) is 2.17. The Morgan fingerprint density at radius 2 is 2.05 bits per heavy atom. The molecule has 0 saturated heterocycles. The van der Waals surface area contributed by atoms with Crippen LogP contribution in [0.3, 0.4) is 0 Å². The van der Waals surface area contributed by atoms with Crippen molar-refractivity contribution in [1.29, 1.82) is 0 Å². The van der Waals surface area contributed by atoms with Crippen LogP contribution in [0.2, 0.25) is 0 Å². The normalized spacial score (nSPS) is 14.3. The minimum absolute atomic E-state index is 0.0638. The zero-order chi connectivity index (χ0) is 14.7. The maximum Gasteiger partial charge on any atom is 0.227 e. The lowest BCUT2D eigenvalue weighted by molar-refractivity contribution is -0.122. The van der Waals surface area contributed by atoms with E-state index in [9.17, 15) is 9.18 Å². The second-order valence-electron chi connectivity index (χ2n) is 5.18. The fraction of sp³-hybridized carbons (Fsp3) is 0.250.